The molecule has 2 atom stereocenters. The van der Waals surface area contributed by atoms with Gasteiger partial charge in [-0.25, -0.2) is 4.39 Å². The zero-order chi connectivity index (χ0) is 20.7. The van der Waals surface area contributed by atoms with Crippen LogP contribution >= 0.6 is 11.6 Å². The molecular formula is C21H19ClFN3O3. The molecule has 1 N–H and O–H groups in total. The number of aromatic nitrogens is 3. The van der Waals surface area contributed by atoms with Gasteiger partial charge in [-0.05, 0) is 24.3 Å². The van der Waals surface area contributed by atoms with Crippen LogP contribution in [0.1, 0.15) is 61.2 Å². The first-order valence-corrected chi connectivity index (χ1v) is 9.61. The number of halogens is 2. The number of nitrogens with zero attached hydrogens (tertiary/aromatic N) is 3. The maximum absolute atomic E-state index is 14.7. The Morgan fingerprint density at radius 1 is 1.24 bits per heavy atom. The average Bonchev–Trinajstić information content (AvgIpc) is 3.06. The smallest absolute Gasteiger partial charge is 0.306 e. The maximum Gasteiger partial charge on any atom is 0.306 e. The second kappa shape index (κ2) is 7.57. The fraction of sp³-hybridized carbons (Fsp3) is 0.286. The highest BCUT2D eigenvalue weighted by molar-refractivity contribution is 6.30. The highest BCUT2D eigenvalue weighted by Crippen LogP contribution is 2.42. The third-order valence-electron chi connectivity index (χ3n) is 4.88. The summed E-state index contributed by atoms with van der Waals surface area (Å²) in [6.45, 7) is 3.94. The van der Waals surface area contributed by atoms with Gasteiger partial charge >= 0.3 is 5.97 Å². The van der Waals surface area contributed by atoms with Crippen LogP contribution in [0.25, 0.3) is 5.69 Å². The average molecular weight is 416 g/mol. The van der Waals surface area contributed by atoms with Crippen molar-refractivity contribution in [3.63, 3.8) is 0 Å². The minimum absolute atomic E-state index is 0.0234. The molecule has 2 heterocycles. The van der Waals surface area contributed by atoms with Crippen LogP contribution in [-0.4, -0.2) is 25.8 Å². The number of carbonyl (C=O) groups is 1. The number of ether oxygens (including phenoxy) is 1. The Hall–Kier alpha value is -2.77. The Morgan fingerprint density at radius 2 is 2.00 bits per heavy atom. The van der Waals surface area contributed by atoms with Crippen LogP contribution < -0.4 is 0 Å². The molecule has 4 rings (SSSR count). The van der Waals surface area contributed by atoms with Gasteiger partial charge in [-0.1, -0.05) is 43.6 Å². The second-order valence-electron chi connectivity index (χ2n) is 7.23. The second-order valence-corrected chi connectivity index (χ2v) is 7.67. The van der Waals surface area contributed by atoms with E-state index in [0.717, 1.165) is 0 Å². The molecule has 1 aromatic heterocycles. The summed E-state index contributed by atoms with van der Waals surface area (Å²) in [7, 11) is 0. The van der Waals surface area contributed by atoms with E-state index in [2.05, 4.69) is 10.2 Å². The minimum atomic E-state index is -1.05. The third-order valence-corrected chi connectivity index (χ3v) is 5.11. The van der Waals surface area contributed by atoms with Crippen molar-refractivity contribution in [2.75, 3.05) is 0 Å². The lowest BCUT2D eigenvalue weighted by Crippen LogP contribution is -2.16. The minimum Gasteiger partial charge on any atom is -0.481 e. The van der Waals surface area contributed by atoms with Gasteiger partial charge in [-0.2, -0.15) is 0 Å². The van der Waals surface area contributed by atoms with E-state index >= 15 is 0 Å². The molecule has 150 valence electrons. The van der Waals surface area contributed by atoms with Crippen LogP contribution in [0.2, 0.25) is 5.02 Å². The van der Waals surface area contributed by atoms with Crippen molar-refractivity contribution < 1.29 is 19.0 Å². The zero-order valence-electron chi connectivity index (χ0n) is 15.8. The SMILES string of the molecule is CC(C)c1nnc2n1-c1ccc(Cl)cc1C(c1ccccc1F)OC2CC(=O)O. The molecule has 0 radical (unpaired) electrons. The lowest BCUT2D eigenvalue weighted by atomic mass is 9.99. The molecular weight excluding hydrogens is 397 g/mol. The van der Waals surface area contributed by atoms with Gasteiger partial charge < -0.3 is 9.84 Å². The highest BCUT2D eigenvalue weighted by atomic mass is 35.5. The Labute approximate surface area is 171 Å². The molecule has 0 saturated heterocycles. The molecule has 0 bridgehead atoms. The van der Waals surface area contributed by atoms with E-state index in [1.807, 2.05) is 18.4 Å². The van der Waals surface area contributed by atoms with Gasteiger partial charge in [0.2, 0.25) is 0 Å². The van der Waals surface area contributed by atoms with Crippen molar-refractivity contribution in [2.24, 2.45) is 0 Å². The topological polar surface area (TPSA) is 77.2 Å². The van der Waals surface area contributed by atoms with Gasteiger partial charge in [-0.15, -0.1) is 10.2 Å². The molecule has 2 unspecified atom stereocenters. The summed E-state index contributed by atoms with van der Waals surface area (Å²) in [5.41, 5.74) is 1.62. The van der Waals surface area contributed by atoms with Crippen LogP contribution in [0, 0.1) is 5.82 Å². The Balaban J connectivity index is 2.01. The van der Waals surface area contributed by atoms with Crippen molar-refractivity contribution in [2.45, 2.75) is 38.4 Å². The summed E-state index contributed by atoms with van der Waals surface area (Å²) in [5, 5.41) is 18.4. The van der Waals surface area contributed by atoms with E-state index in [1.54, 1.807) is 36.4 Å². The number of fused-ring (bicyclic) bond motifs is 3. The first kappa shape index (κ1) is 19.5. The molecule has 1 aliphatic heterocycles. The van der Waals surface area contributed by atoms with Crippen molar-refractivity contribution in [3.8, 4) is 5.69 Å². The van der Waals surface area contributed by atoms with Crippen LogP contribution in [0.4, 0.5) is 4.39 Å². The molecule has 0 saturated carbocycles. The summed E-state index contributed by atoms with van der Waals surface area (Å²) in [4.78, 5) is 11.5. The maximum atomic E-state index is 14.7. The van der Waals surface area contributed by atoms with Crippen LogP contribution in [0.3, 0.4) is 0 Å². The predicted octanol–water partition coefficient (Wildman–Crippen LogP) is 4.82. The van der Waals surface area contributed by atoms with Crippen LogP contribution in [-0.2, 0) is 9.53 Å². The molecule has 6 nitrogen and oxygen atoms in total. The van der Waals surface area contributed by atoms with E-state index in [9.17, 15) is 14.3 Å². The summed E-state index contributed by atoms with van der Waals surface area (Å²) in [6, 6.07) is 11.5. The predicted molar refractivity (Wildman–Crippen MR) is 105 cm³/mol. The fourth-order valence-corrected chi connectivity index (χ4v) is 3.78. The van der Waals surface area contributed by atoms with Crippen molar-refractivity contribution in [3.05, 3.63) is 76.1 Å². The number of carboxylic acids is 1. The van der Waals surface area contributed by atoms with E-state index < -0.39 is 24.0 Å². The summed E-state index contributed by atoms with van der Waals surface area (Å²) in [5.74, 6) is -0.434. The molecule has 3 aromatic rings. The third kappa shape index (κ3) is 3.52. The molecule has 2 aromatic carbocycles. The van der Waals surface area contributed by atoms with Gasteiger partial charge in [0, 0.05) is 22.1 Å². The van der Waals surface area contributed by atoms with Gasteiger partial charge in [0.15, 0.2) is 5.82 Å². The van der Waals surface area contributed by atoms with E-state index in [-0.39, 0.29) is 12.3 Å². The van der Waals surface area contributed by atoms with Gasteiger partial charge in [0.1, 0.15) is 23.8 Å². The Bertz CT molecular complexity index is 1080. The number of rotatable bonds is 4. The largest absolute Gasteiger partial charge is 0.481 e. The molecule has 0 amide bonds. The molecule has 29 heavy (non-hydrogen) atoms. The Kier molecular flexibility index (Phi) is 5.10. The molecule has 8 heteroatoms. The van der Waals surface area contributed by atoms with Crippen molar-refractivity contribution in [1.29, 1.82) is 0 Å². The molecule has 0 fully saturated rings. The standard InChI is InChI=1S/C21H19ClFN3O3/c1-11(2)20-24-25-21-17(10-18(27)28)29-19(13-5-3-4-6-15(13)23)14-9-12(22)7-8-16(14)26(20)21/h3-9,11,17,19H,10H2,1-2H3,(H,27,28). The van der Waals surface area contributed by atoms with Crippen molar-refractivity contribution in [1.82, 2.24) is 14.8 Å². The monoisotopic (exact) mass is 415 g/mol. The number of hydrogen-bond donors (Lipinski definition) is 1. The molecule has 0 spiro atoms. The first-order chi connectivity index (χ1) is 13.9. The number of carboxylic acid groups (broad SMARTS) is 1. The van der Waals surface area contributed by atoms with E-state index in [4.69, 9.17) is 16.3 Å². The van der Waals surface area contributed by atoms with Gasteiger partial charge in [0.25, 0.3) is 0 Å². The van der Waals surface area contributed by atoms with Crippen LogP contribution in [0.15, 0.2) is 42.5 Å². The quantitative estimate of drug-likeness (QED) is 0.661. The lowest BCUT2D eigenvalue weighted by Gasteiger charge is -2.22. The van der Waals surface area contributed by atoms with Gasteiger partial charge in [-0.3, -0.25) is 9.36 Å². The summed E-state index contributed by atoms with van der Waals surface area (Å²) in [6.07, 6.45) is -2.10. The normalized spacial score (nSPS) is 18.2. The van der Waals surface area contributed by atoms with Crippen LogP contribution in [0.5, 0.6) is 0 Å². The number of benzene rings is 2. The molecule has 1 aliphatic rings. The zero-order valence-corrected chi connectivity index (χ0v) is 16.6. The van der Waals surface area contributed by atoms with Gasteiger partial charge in [0.05, 0.1) is 12.1 Å². The number of aliphatic carboxylic acids is 1. The summed E-state index contributed by atoms with van der Waals surface area (Å²) < 4.78 is 22.7. The van der Waals surface area contributed by atoms with Crippen molar-refractivity contribution >= 4 is 17.6 Å². The Morgan fingerprint density at radius 3 is 2.69 bits per heavy atom. The molecule has 0 aliphatic carbocycles. The summed E-state index contributed by atoms with van der Waals surface area (Å²) >= 11 is 6.26. The first-order valence-electron chi connectivity index (χ1n) is 9.23. The number of hydrogen-bond acceptors (Lipinski definition) is 4. The van der Waals surface area contributed by atoms with E-state index in [0.29, 0.717) is 33.5 Å². The lowest BCUT2D eigenvalue weighted by molar-refractivity contribution is -0.141. The fourth-order valence-electron chi connectivity index (χ4n) is 3.60. The highest BCUT2D eigenvalue weighted by Gasteiger charge is 2.36. The van der Waals surface area contributed by atoms with E-state index in [1.165, 1.54) is 6.07 Å².